The molecule has 0 bridgehead atoms. The second-order valence-corrected chi connectivity index (χ2v) is 4.39. The van der Waals surface area contributed by atoms with Gasteiger partial charge in [-0.1, -0.05) is 23.7 Å². The number of Topliss-reactive ketones (excluding diaryl/α,β-unsaturated/α-hetero) is 1. The van der Waals surface area contributed by atoms with Crippen LogP contribution < -0.4 is 4.74 Å². The third-order valence-electron chi connectivity index (χ3n) is 2.67. The molecule has 2 rings (SSSR count). The van der Waals surface area contributed by atoms with Gasteiger partial charge in [-0.15, -0.1) is 0 Å². The zero-order valence-corrected chi connectivity index (χ0v) is 10.8. The summed E-state index contributed by atoms with van der Waals surface area (Å²) in [5.41, 5.74) is 1.61. The van der Waals surface area contributed by atoms with Gasteiger partial charge in [-0.3, -0.25) is 4.79 Å². The van der Waals surface area contributed by atoms with Gasteiger partial charge in [0.25, 0.3) is 0 Å². The average molecular weight is 261 g/mol. The molecule has 0 radical (unpaired) electrons. The lowest BCUT2D eigenvalue weighted by atomic mass is 10.0. The fraction of sp³-hybridized carbons (Fsp3) is 0.133. The zero-order chi connectivity index (χ0) is 13.0. The summed E-state index contributed by atoms with van der Waals surface area (Å²) in [6.07, 6.45) is 0.360. The van der Waals surface area contributed by atoms with E-state index in [1.807, 2.05) is 24.3 Å². The molecule has 0 spiro atoms. The van der Waals surface area contributed by atoms with Gasteiger partial charge in [-0.2, -0.15) is 0 Å². The van der Waals surface area contributed by atoms with Gasteiger partial charge < -0.3 is 4.74 Å². The minimum absolute atomic E-state index is 0.0694. The van der Waals surface area contributed by atoms with Crippen LogP contribution in [0.1, 0.15) is 15.9 Å². The first-order chi connectivity index (χ1) is 8.69. The van der Waals surface area contributed by atoms with Crippen LogP contribution in [0.25, 0.3) is 0 Å². The summed E-state index contributed by atoms with van der Waals surface area (Å²) in [7, 11) is 1.61. The summed E-state index contributed by atoms with van der Waals surface area (Å²) < 4.78 is 5.13. The van der Waals surface area contributed by atoms with E-state index in [0.29, 0.717) is 17.0 Å². The van der Waals surface area contributed by atoms with E-state index in [1.165, 1.54) is 0 Å². The second kappa shape index (κ2) is 5.69. The molecule has 0 atom stereocenters. The number of halogens is 1. The van der Waals surface area contributed by atoms with Gasteiger partial charge in [0.1, 0.15) is 5.75 Å². The lowest BCUT2D eigenvalue weighted by Crippen LogP contribution is -2.03. The molecule has 18 heavy (non-hydrogen) atoms. The van der Waals surface area contributed by atoms with Crippen molar-refractivity contribution in [3.8, 4) is 5.75 Å². The molecule has 0 aromatic heterocycles. The van der Waals surface area contributed by atoms with Crippen molar-refractivity contribution in [3.05, 3.63) is 64.7 Å². The average Bonchev–Trinajstić information content (AvgIpc) is 2.39. The van der Waals surface area contributed by atoms with Crippen molar-refractivity contribution in [2.24, 2.45) is 0 Å². The van der Waals surface area contributed by atoms with Crippen molar-refractivity contribution in [3.63, 3.8) is 0 Å². The Morgan fingerprint density at radius 1 is 1.17 bits per heavy atom. The fourth-order valence-corrected chi connectivity index (χ4v) is 1.83. The summed E-state index contributed by atoms with van der Waals surface area (Å²) in [6, 6.07) is 14.4. The summed E-state index contributed by atoms with van der Waals surface area (Å²) in [5, 5.41) is 0.632. The number of rotatable bonds is 4. The van der Waals surface area contributed by atoms with E-state index in [-0.39, 0.29) is 5.78 Å². The highest BCUT2D eigenvalue weighted by Crippen LogP contribution is 2.16. The van der Waals surface area contributed by atoms with Crippen LogP contribution in [-0.4, -0.2) is 12.9 Å². The van der Waals surface area contributed by atoms with Gasteiger partial charge >= 0.3 is 0 Å². The normalized spacial score (nSPS) is 10.1. The molecule has 92 valence electrons. The summed E-state index contributed by atoms with van der Waals surface area (Å²) in [4.78, 5) is 12.0. The Bertz CT molecular complexity index is 547. The molecule has 0 amide bonds. The highest BCUT2D eigenvalue weighted by Gasteiger charge is 2.07. The first-order valence-electron chi connectivity index (χ1n) is 5.61. The zero-order valence-electron chi connectivity index (χ0n) is 10.0. The number of ether oxygens (including phenoxy) is 1. The lowest BCUT2D eigenvalue weighted by molar-refractivity contribution is 0.0993. The van der Waals surface area contributed by atoms with E-state index in [0.717, 1.165) is 11.3 Å². The molecule has 0 heterocycles. The molecule has 0 aliphatic heterocycles. The molecule has 2 nitrogen and oxygen atoms in total. The molecule has 2 aromatic carbocycles. The van der Waals surface area contributed by atoms with Crippen molar-refractivity contribution >= 4 is 17.4 Å². The van der Waals surface area contributed by atoms with Crippen LogP contribution >= 0.6 is 11.6 Å². The molecule has 0 aliphatic rings. The highest BCUT2D eigenvalue weighted by atomic mass is 35.5. The number of hydrogen-bond donors (Lipinski definition) is 0. The third-order valence-corrected chi connectivity index (χ3v) is 2.92. The van der Waals surface area contributed by atoms with E-state index >= 15 is 0 Å². The molecule has 0 fully saturated rings. The maximum absolute atomic E-state index is 12.0. The third kappa shape index (κ3) is 3.11. The highest BCUT2D eigenvalue weighted by molar-refractivity contribution is 6.30. The first-order valence-corrected chi connectivity index (χ1v) is 5.98. The molecular weight excluding hydrogens is 248 g/mol. The smallest absolute Gasteiger partial charge is 0.167 e. The predicted molar refractivity (Wildman–Crippen MR) is 72.5 cm³/mol. The topological polar surface area (TPSA) is 26.3 Å². The fourth-order valence-electron chi connectivity index (χ4n) is 1.71. The van der Waals surface area contributed by atoms with E-state index in [1.54, 1.807) is 31.4 Å². The largest absolute Gasteiger partial charge is 0.497 e. The number of hydrogen-bond acceptors (Lipinski definition) is 2. The molecule has 0 saturated heterocycles. The Labute approximate surface area is 111 Å². The maximum Gasteiger partial charge on any atom is 0.167 e. The minimum Gasteiger partial charge on any atom is -0.497 e. The molecule has 0 saturated carbocycles. The van der Waals surface area contributed by atoms with Crippen molar-refractivity contribution in [2.75, 3.05) is 7.11 Å². The van der Waals surface area contributed by atoms with E-state index in [9.17, 15) is 4.79 Å². The SMILES string of the molecule is COc1cccc(CC(=O)c2ccc(Cl)cc2)c1. The molecule has 3 heteroatoms. The Kier molecular flexibility index (Phi) is 4.00. The van der Waals surface area contributed by atoms with Crippen LogP contribution in [-0.2, 0) is 6.42 Å². The first kappa shape index (κ1) is 12.7. The molecule has 0 N–H and O–H groups in total. The van der Waals surface area contributed by atoms with Crippen LogP contribution in [0.5, 0.6) is 5.75 Å². The summed E-state index contributed by atoms with van der Waals surface area (Å²) >= 11 is 5.79. The Morgan fingerprint density at radius 2 is 1.89 bits per heavy atom. The van der Waals surface area contributed by atoms with Crippen LogP contribution in [0.15, 0.2) is 48.5 Å². The van der Waals surface area contributed by atoms with Crippen molar-refractivity contribution in [1.29, 1.82) is 0 Å². The van der Waals surface area contributed by atoms with Crippen molar-refractivity contribution in [2.45, 2.75) is 6.42 Å². The quantitative estimate of drug-likeness (QED) is 0.782. The lowest BCUT2D eigenvalue weighted by Gasteiger charge is -2.04. The number of methoxy groups -OCH3 is 1. The van der Waals surface area contributed by atoms with Gasteiger partial charge in [-0.05, 0) is 42.0 Å². The molecule has 2 aromatic rings. The van der Waals surface area contributed by atoms with Gasteiger partial charge in [-0.25, -0.2) is 0 Å². The summed E-state index contributed by atoms with van der Waals surface area (Å²) in [6.45, 7) is 0. The number of carbonyl (C=O) groups is 1. The van der Waals surface area contributed by atoms with Crippen LogP contribution in [0.3, 0.4) is 0 Å². The second-order valence-electron chi connectivity index (χ2n) is 3.96. The summed E-state index contributed by atoms with van der Waals surface area (Å²) in [5.74, 6) is 0.830. The minimum atomic E-state index is 0.0694. The van der Waals surface area contributed by atoms with Crippen molar-refractivity contribution < 1.29 is 9.53 Å². The van der Waals surface area contributed by atoms with E-state index < -0.39 is 0 Å². The molecule has 0 unspecified atom stereocenters. The molecule has 0 aliphatic carbocycles. The van der Waals surface area contributed by atoms with Gasteiger partial charge in [0.2, 0.25) is 0 Å². The molecular formula is C15H13ClO2. The van der Waals surface area contributed by atoms with E-state index in [2.05, 4.69) is 0 Å². The monoisotopic (exact) mass is 260 g/mol. The van der Waals surface area contributed by atoms with Crippen LogP contribution in [0.4, 0.5) is 0 Å². The van der Waals surface area contributed by atoms with Crippen molar-refractivity contribution in [1.82, 2.24) is 0 Å². The van der Waals surface area contributed by atoms with Crippen LogP contribution in [0.2, 0.25) is 5.02 Å². The van der Waals surface area contributed by atoms with Crippen LogP contribution in [0, 0.1) is 0 Å². The van der Waals surface area contributed by atoms with Gasteiger partial charge in [0.15, 0.2) is 5.78 Å². The standard InChI is InChI=1S/C15H13ClO2/c1-18-14-4-2-3-11(9-14)10-15(17)12-5-7-13(16)8-6-12/h2-9H,10H2,1H3. The van der Waals surface area contributed by atoms with Gasteiger partial charge in [0.05, 0.1) is 7.11 Å². The Morgan fingerprint density at radius 3 is 2.56 bits per heavy atom. The number of benzene rings is 2. The number of carbonyl (C=O) groups excluding carboxylic acids is 1. The maximum atomic E-state index is 12.0. The Balaban J connectivity index is 2.13. The predicted octanol–water partition coefficient (Wildman–Crippen LogP) is 3.77. The van der Waals surface area contributed by atoms with E-state index in [4.69, 9.17) is 16.3 Å². The van der Waals surface area contributed by atoms with Gasteiger partial charge in [0, 0.05) is 17.0 Å². The Hall–Kier alpha value is -1.80. The number of ketones is 1.